The number of rotatable bonds is 2. The maximum atomic E-state index is 12.5. The molecular weight excluding hydrogens is 292 g/mol. The van der Waals surface area contributed by atoms with Crippen LogP contribution in [0.2, 0.25) is 5.15 Å². The molecule has 0 bridgehead atoms. The Balaban J connectivity index is 2.00. The van der Waals surface area contributed by atoms with E-state index in [4.69, 9.17) is 16.7 Å². The van der Waals surface area contributed by atoms with E-state index in [2.05, 4.69) is 4.98 Å². The van der Waals surface area contributed by atoms with Gasteiger partial charge in [0.15, 0.2) is 0 Å². The first kappa shape index (κ1) is 13.8. The smallest absolute Gasteiger partial charge is 0.326 e. The highest BCUT2D eigenvalue weighted by molar-refractivity contribution is 6.34. The number of halogens is 1. The minimum atomic E-state index is -0.979. The van der Waals surface area contributed by atoms with Gasteiger partial charge in [0.2, 0.25) is 0 Å². The standard InChI is InChI=1S/C15H13ClN2O3/c16-13-10-5-2-1-4-9(10)8-11(17-13)14(19)18-7-3-6-12(18)15(20)21/h1-2,4-5,8,12H,3,6-7H2,(H,20,21). The van der Waals surface area contributed by atoms with Gasteiger partial charge in [-0.1, -0.05) is 35.9 Å². The minimum Gasteiger partial charge on any atom is -0.480 e. The van der Waals surface area contributed by atoms with Crippen LogP contribution in [0.4, 0.5) is 0 Å². The van der Waals surface area contributed by atoms with E-state index in [0.29, 0.717) is 19.4 Å². The number of carboxylic acids is 1. The number of carboxylic acid groups (broad SMARTS) is 1. The van der Waals surface area contributed by atoms with Crippen molar-refractivity contribution in [3.05, 3.63) is 41.2 Å². The summed E-state index contributed by atoms with van der Waals surface area (Å²) in [6.45, 7) is 0.432. The van der Waals surface area contributed by atoms with Crippen LogP contribution in [0, 0.1) is 0 Å². The number of hydrogen-bond acceptors (Lipinski definition) is 3. The van der Waals surface area contributed by atoms with E-state index in [1.54, 1.807) is 6.07 Å². The molecule has 1 unspecified atom stereocenters. The van der Waals surface area contributed by atoms with E-state index in [1.165, 1.54) is 4.90 Å². The van der Waals surface area contributed by atoms with E-state index in [9.17, 15) is 9.59 Å². The lowest BCUT2D eigenvalue weighted by Gasteiger charge is -2.21. The van der Waals surface area contributed by atoms with Crippen molar-refractivity contribution in [3.63, 3.8) is 0 Å². The third-order valence-corrected chi connectivity index (χ3v) is 4.00. The third-order valence-electron chi connectivity index (χ3n) is 3.71. The summed E-state index contributed by atoms with van der Waals surface area (Å²) in [4.78, 5) is 29.2. The second-order valence-electron chi connectivity index (χ2n) is 5.01. The fourth-order valence-corrected chi connectivity index (χ4v) is 2.94. The van der Waals surface area contributed by atoms with Crippen molar-refractivity contribution in [3.8, 4) is 0 Å². The van der Waals surface area contributed by atoms with Crippen LogP contribution < -0.4 is 0 Å². The monoisotopic (exact) mass is 304 g/mol. The number of aliphatic carboxylic acids is 1. The summed E-state index contributed by atoms with van der Waals surface area (Å²) in [6.07, 6.45) is 1.16. The van der Waals surface area contributed by atoms with E-state index in [1.807, 2.05) is 24.3 Å². The van der Waals surface area contributed by atoms with Crippen LogP contribution in [0.1, 0.15) is 23.3 Å². The van der Waals surface area contributed by atoms with Crippen LogP contribution in [-0.4, -0.2) is 39.5 Å². The van der Waals surface area contributed by atoms with Gasteiger partial charge in [-0.3, -0.25) is 4.79 Å². The highest BCUT2D eigenvalue weighted by atomic mass is 35.5. The summed E-state index contributed by atoms with van der Waals surface area (Å²) in [7, 11) is 0. The first-order valence-electron chi connectivity index (χ1n) is 6.67. The van der Waals surface area contributed by atoms with Crippen molar-refractivity contribution in [2.24, 2.45) is 0 Å². The molecule has 1 aromatic carbocycles. The van der Waals surface area contributed by atoms with E-state index in [-0.39, 0.29) is 16.8 Å². The number of carbonyl (C=O) groups excluding carboxylic acids is 1. The lowest BCUT2D eigenvalue weighted by atomic mass is 10.1. The van der Waals surface area contributed by atoms with Crippen LogP contribution in [0.3, 0.4) is 0 Å². The molecule has 3 rings (SSSR count). The average molecular weight is 305 g/mol. The molecule has 0 aliphatic carbocycles. The Bertz CT molecular complexity index is 732. The summed E-state index contributed by atoms with van der Waals surface area (Å²) < 4.78 is 0. The molecule has 1 aliphatic heterocycles. The summed E-state index contributed by atoms with van der Waals surface area (Å²) in [5, 5.41) is 11.0. The predicted octanol–water partition coefficient (Wildman–Crippen LogP) is 2.58. The molecule has 1 aromatic heterocycles. The molecule has 21 heavy (non-hydrogen) atoms. The van der Waals surface area contributed by atoms with Crippen molar-refractivity contribution in [2.75, 3.05) is 6.54 Å². The summed E-state index contributed by atoms with van der Waals surface area (Å²) >= 11 is 6.11. The van der Waals surface area contributed by atoms with Gasteiger partial charge >= 0.3 is 5.97 Å². The van der Waals surface area contributed by atoms with Crippen LogP contribution in [0.5, 0.6) is 0 Å². The van der Waals surface area contributed by atoms with Gasteiger partial charge in [-0.15, -0.1) is 0 Å². The second kappa shape index (κ2) is 5.33. The Hall–Kier alpha value is -2.14. The number of hydrogen-bond donors (Lipinski definition) is 1. The molecule has 2 heterocycles. The van der Waals surface area contributed by atoms with E-state index in [0.717, 1.165) is 10.8 Å². The molecule has 6 heteroatoms. The summed E-state index contributed by atoms with van der Waals surface area (Å²) in [6, 6.07) is 8.25. The van der Waals surface area contributed by atoms with Gasteiger partial charge < -0.3 is 10.0 Å². The number of benzene rings is 1. The molecule has 108 valence electrons. The average Bonchev–Trinajstić information content (AvgIpc) is 2.96. The number of pyridine rings is 1. The van der Waals surface area contributed by atoms with Crippen LogP contribution in [-0.2, 0) is 4.79 Å². The molecule has 5 nitrogen and oxygen atoms in total. The fourth-order valence-electron chi connectivity index (χ4n) is 2.68. The minimum absolute atomic E-state index is 0.187. The first-order valence-corrected chi connectivity index (χ1v) is 7.05. The topological polar surface area (TPSA) is 70.5 Å². The molecular formula is C15H13ClN2O3. The zero-order valence-electron chi connectivity index (χ0n) is 11.1. The second-order valence-corrected chi connectivity index (χ2v) is 5.37. The molecule has 1 fully saturated rings. The van der Waals surface area contributed by atoms with Gasteiger partial charge in [-0.25, -0.2) is 9.78 Å². The zero-order chi connectivity index (χ0) is 15.0. The van der Waals surface area contributed by atoms with Crippen LogP contribution >= 0.6 is 11.6 Å². The Morgan fingerprint density at radius 1 is 1.33 bits per heavy atom. The Kier molecular flexibility index (Phi) is 3.51. The van der Waals surface area contributed by atoms with Gasteiger partial charge in [-0.2, -0.15) is 0 Å². The maximum Gasteiger partial charge on any atom is 0.326 e. The number of aromatic nitrogens is 1. The van der Waals surface area contributed by atoms with Gasteiger partial charge in [0, 0.05) is 11.9 Å². The van der Waals surface area contributed by atoms with Crippen molar-refractivity contribution >= 4 is 34.2 Å². The molecule has 1 saturated heterocycles. The molecule has 0 saturated carbocycles. The zero-order valence-corrected chi connectivity index (χ0v) is 11.9. The largest absolute Gasteiger partial charge is 0.480 e. The highest BCUT2D eigenvalue weighted by Crippen LogP contribution is 2.25. The lowest BCUT2D eigenvalue weighted by molar-refractivity contribution is -0.141. The summed E-state index contributed by atoms with van der Waals surface area (Å²) in [5.41, 5.74) is 0.187. The van der Waals surface area contributed by atoms with Crippen molar-refractivity contribution in [1.82, 2.24) is 9.88 Å². The van der Waals surface area contributed by atoms with Gasteiger partial charge in [0.1, 0.15) is 16.9 Å². The number of nitrogens with zero attached hydrogens (tertiary/aromatic N) is 2. The van der Waals surface area contributed by atoms with Crippen LogP contribution in [0.25, 0.3) is 10.8 Å². The molecule has 0 spiro atoms. The number of amides is 1. The molecule has 1 N–H and O–H groups in total. The van der Waals surface area contributed by atoms with Gasteiger partial charge in [-0.05, 0) is 24.3 Å². The van der Waals surface area contributed by atoms with Crippen molar-refractivity contribution in [1.29, 1.82) is 0 Å². The number of fused-ring (bicyclic) bond motifs is 1. The molecule has 1 amide bonds. The Morgan fingerprint density at radius 3 is 2.86 bits per heavy atom. The summed E-state index contributed by atoms with van der Waals surface area (Å²) in [5.74, 6) is -1.36. The van der Waals surface area contributed by atoms with Crippen molar-refractivity contribution in [2.45, 2.75) is 18.9 Å². The molecule has 1 aliphatic rings. The van der Waals surface area contributed by atoms with E-state index >= 15 is 0 Å². The number of carbonyl (C=O) groups is 2. The van der Waals surface area contributed by atoms with Gasteiger partial charge in [0.25, 0.3) is 5.91 Å². The van der Waals surface area contributed by atoms with Gasteiger partial charge in [0.05, 0.1) is 0 Å². The SMILES string of the molecule is O=C(O)C1CCCN1C(=O)c1cc2ccccc2c(Cl)n1. The normalized spacial score (nSPS) is 18.1. The highest BCUT2D eigenvalue weighted by Gasteiger charge is 2.35. The first-order chi connectivity index (χ1) is 10.1. The van der Waals surface area contributed by atoms with E-state index < -0.39 is 12.0 Å². The maximum absolute atomic E-state index is 12.5. The van der Waals surface area contributed by atoms with Crippen LogP contribution in [0.15, 0.2) is 30.3 Å². The molecule has 2 aromatic rings. The fraction of sp³-hybridized carbons (Fsp3) is 0.267. The third kappa shape index (κ3) is 2.45. The number of likely N-dealkylation sites (tertiary alicyclic amines) is 1. The molecule has 0 radical (unpaired) electrons. The Labute approximate surface area is 126 Å². The predicted molar refractivity (Wildman–Crippen MR) is 78.4 cm³/mol. The van der Waals surface area contributed by atoms with Crippen molar-refractivity contribution < 1.29 is 14.7 Å². The lowest BCUT2D eigenvalue weighted by Crippen LogP contribution is -2.40. The Morgan fingerprint density at radius 2 is 2.10 bits per heavy atom. The molecule has 1 atom stereocenters. The quantitative estimate of drug-likeness (QED) is 0.866.